The second-order valence-corrected chi connectivity index (χ2v) is 13.1. The highest BCUT2D eigenvalue weighted by Gasteiger charge is 2.31. The fourth-order valence-electron chi connectivity index (χ4n) is 5.00. The van der Waals surface area contributed by atoms with Crippen molar-refractivity contribution in [1.29, 1.82) is 0 Å². The monoisotopic (exact) mass is 661 g/mol. The zero-order chi connectivity index (χ0) is 35.7. The summed E-state index contributed by atoms with van der Waals surface area (Å²) in [6.45, 7) is 17.9. The van der Waals surface area contributed by atoms with Crippen molar-refractivity contribution in [2.75, 3.05) is 13.1 Å². The van der Waals surface area contributed by atoms with Gasteiger partial charge in [-0.15, -0.1) is 0 Å². The van der Waals surface area contributed by atoms with Crippen LogP contribution in [0.1, 0.15) is 105 Å². The molecular formula is C34H59N7O6. The molecule has 1 heterocycles. The van der Waals surface area contributed by atoms with Gasteiger partial charge in [-0.05, 0) is 44.4 Å². The Kier molecular flexibility index (Phi) is 18.6. The van der Waals surface area contributed by atoms with Crippen LogP contribution in [0.2, 0.25) is 0 Å². The van der Waals surface area contributed by atoms with Gasteiger partial charge in [0.1, 0.15) is 18.1 Å². The van der Waals surface area contributed by atoms with Crippen molar-refractivity contribution in [2.45, 2.75) is 125 Å². The number of nitrogens with one attached hydrogen (secondary N) is 6. The van der Waals surface area contributed by atoms with Crippen LogP contribution in [0.5, 0.6) is 0 Å². The van der Waals surface area contributed by atoms with E-state index in [0.717, 1.165) is 6.42 Å². The molecule has 0 aliphatic heterocycles. The maximum absolute atomic E-state index is 13.7. The first-order chi connectivity index (χ1) is 22.1. The van der Waals surface area contributed by atoms with Crippen LogP contribution in [0.25, 0.3) is 0 Å². The molecule has 0 aliphatic carbocycles. The molecule has 13 nitrogen and oxygen atoms in total. The summed E-state index contributed by atoms with van der Waals surface area (Å²) in [7, 11) is 0. The number of unbranched alkanes of at least 4 members (excludes halogenated alkanes) is 1. The summed E-state index contributed by atoms with van der Waals surface area (Å²) in [6.07, 6.45) is 5.58. The van der Waals surface area contributed by atoms with Crippen molar-refractivity contribution in [3.8, 4) is 0 Å². The predicted molar refractivity (Wildman–Crippen MR) is 182 cm³/mol. The van der Waals surface area contributed by atoms with Crippen LogP contribution in [-0.4, -0.2) is 72.8 Å². The van der Waals surface area contributed by atoms with Crippen LogP contribution in [0.15, 0.2) is 24.5 Å². The summed E-state index contributed by atoms with van der Waals surface area (Å²) in [4.78, 5) is 65.6. The number of pyridine rings is 1. The Labute approximate surface area is 280 Å². The van der Waals surface area contributed by atoms with Crippen LogP contribution < -0.4 is 36.6 Å². The third kappa shape index (κ3) is 14.7. The second kappa shape index (κ2) is 21.2. The molecule has 47 heavy (non-hydrogen) atoms. The maximum Gasteiger partial charge on any atom is 0.252 e. The Hall–Kier alpha value is -3.74. The van der Waals surface area contributed by atoms with Gasteiger partial charge in [0.15, 0.2) is 12.4 Å². The number of amides is 5. The lowest BCUT2D eigenvalue weighted by molar-refractivity contribution is -0.605. The van der Waals surface area contributed by atoms with Gasteiger partial charge in [0, 0.05) is 31.3 Å². The lowest BCUT2D eigenvalue weighted by Crippen LogP contribution is -2.58. The van der Waals surface area contributed by atoms with Crippen molar-refractivity contribution in [3.05, 3.63) is 35.3 Å². The van der Waals surface area contributed by atoms with Crippen molar-refractivity contribution in [2.24, 2.45) is 17.8 Å². The van der Waals surface area contributed by atoms with Gasteiger partial charge in [0.2, 0.25) is 23.6 Å². The molecule has 0 spiro atoms. The Morgan fingerprint density at radius 2 is 1.43 bits per heavy atom. The standard InChI is InChI=1S/C34H59N7O6/c1-10-13-14-27(38-34(46)29(23(8)11-2)40-31(43)25-15-17-41(47)18-16-25)32(44)37-26(19-21(4)5)20-36-24(9)30(42)39-28(22(6)7)33(45)35-12-3/h15-18,21-24,26-29,36H,10-14,19-20H2,1-9H3,(H,35,45)(H,37,44)(H,38,46)(H,39,42)(H,40,43)/t23-,24-,26-,27-,28-,29-/m0/s1. The van der Waals surface area contributed by atoms with Crippen molar-refractivity contribution >= 4 is 29.5 Å². The number of nitrogens with zero attached hydrogens (tertiary/aromatic N) is 1. The predicted octanol–water partition coefficient (Wildman–Crippen LogP) is 1.93. The summed E-state index contributed by atoms with van der Waals surface area (Å²) in [5, 5.41) is 28.9. The lowest BCUT2D eigenvalue weighted by atomic mass is 9.97. The number of carbonyl (C=O) groups excluding carboxylic acids is 5. The maximum atomic E-state index is 13.7. The van der Waals surface area contributed by atoms with E-state index in [0.29, 0.717) is 43.5 Å². The van der Waals surface area contributed by atoms with E-state index in [1.54, 1.807) is 6.92 Å². The summed E-state index contributed by atoms with van der Waals surface area (Å²) < 4.78 is 0.570. The first kappa shape index (κ1) is 41.3. The molecule has 1 aromatic rings. The third-order valence-corrected chi connectivity index (χ3v) is 8.09. The van der Waals surface area contributed by atoms with Gasteiger partial charge in [-0.3, -0.25) is 24.0 Å². The van der Waals surface area contributed by atoms with Crippen molar-refractivity contribution < 1.29 is 28.7 Å². The number of carbonyl (C=O) groups is 5. The Bertz CT molecular complexity index is 1140. The SMILES string of the molecule is CCCC[C@H](NC(=O)[C@@H](NC(=O)c1cc[n+]([O-])cc1)[C@@H](C)CC)C(=O)N[C@H](CN[C@@H](C)C(=O)N[C@H](C(=O)NCC)C(C)C)CC(C)C. The molecule has 0 fully saturated rings. The summed E-state index contributed by atoms with van der Waals surface area (Å²) >= 11 is 0. The highest BCUT2D eigenvalue weighted by atomic mass is 16.5. The average molecular weight is 662 g/mol. The van der Waals surface area contributed by atoms with E-state index in [-0.39, 0.29) is 47.1 Å². The number of likely N-dealkylation sites (N-methyl/N-ethyl adjacent to an activating group) is 1. The number of rotatable bonds is 21. The quantitative estimate of drug-likeness (QED) is 0.0859. The summed E-state index contributed by atoms with van der Waals surface area (Å²) in [5.41, 5.74) is 0.245. The first-order valence-corrected chi connectivity index (χ1v) is 17.1. The fraction of sp³-hybridized carbons (Fsp3) is 0.706. The number of hydrogen-bond donors (Lipinski definition) is 6. The molecule has 6 N–H and O–H groups in total. The molecule has 13 heteroatoms. The smallest absolute Gasteiger partial charge is 0.252 e. The summed E-state index contributed by atoms with van der Waals surface area (Å²) in [5.74, 6) is -1.95. The lowest BCUT2D eigenvalue weighted by Gasteiger charge is -2.29. The average Bonchev–Trinajstić information content (AvgIpc) is 3.02. The van der Waals surface area contributed by atoms with Gasteiger partial charge < -0.3 is 37.1 Å². The van der Waals surface area contributed by atoms with Gasteiger partial charge in [-0.2, -0.15) is 4.73 Å². The third-order valence-electron chi connectivity index (χ3n) is 8.09. The second-order valence-electron chi connectivity index (χ2n) is 13.1. The van der Waals surface area contributed by atoms with Gasteiger partial charge in [-0.1, -0.05) is 67.7 Å². The molecule has 0 aliphatic rings. The molecule has 0 radical (unpaired) electrons. The van der Waals surface area contributed by atoms with E-state index < -0.39 is 36.0 Å². The zero-order valence-electron chi connectivity index (χ0n) is 29.8. The van der Waals surface area contributed by atoms with Gasteiger partial charge in [0.05, 0.1) is 11.6 Å². The van der Waals surface area contributed by atoms with Crippen molar-refractivity contribution in [3.63, 3.8) is 0 Å². The Morgan fingerprint density at radius 3 is 1.96 bits per heavy atom. The van der Waals surface area contributed by atoms with E-state index in [4.69, 9.17) is 0 Å². The van der Waals surface area contributed by atoms with Crippen LogP contribution in [0.3, 0.4) is 0 Å². The number of hydrogen-bond acceptors (Lipinski definition) is 7. The molecule has 0 saturated heterocycles. The molecule has 6 atom stereocenters. The molecule has 0 unspecified atom stereocenters. The first-order valence-electron chi connectivity index (χ1n) is 17.1. The summed E-state index contributed by atoms with van der Waals surface area (Å²) in [6, 6.07) is -0.602. The van der Waals surface area contributed by atoms with Crippen LogP contribution in [0.4, 0.5) is 0 Å². The van der Waals surface area contributed by atoms with E-state index in [1.165, 1.54) is 24.5 Å². The molecular weight excluding hydrogens is 602 g/mol. The minimum absolute atomic E-state index is 0.0985. The Balaban J connectivity index is 3.02. The zero-order valence-corrected chi connectivity index (χ0v) is 29.8. The molecule has 0 saturated carbocycles. The van der Waals surface area contributed by atoms with E-state index in [2.05, 4.69) is 31.9 Å². The normalized spacial score (nSPS) is 15.1. The minimum Gasteiger partial charge on any atom is -0.619 e. The molecule has 0 bridgehead atoms. The largest absolute Gasteiger partial charge is 0.619 e. The number of aromatic nitrogens is 1. The van der Waals surface area contributed by atoms with Gasteiger partial charge in [0.25, 0.3) is 5.91 Å². The van der Waals surface area contributed by atoms with Crippen LogP contribution in [0, 0.1) is 23.0 Å². The minimum atomic E-state index is -0.898. The van der Waals surface area contributed by atoms with E-state index >= 15 is 0 Å². The van der Waals surface area contributed by atoms with Crippen LogP contribution in [-0.2, 0) is 19.2 Å². The van der Waals surface area contributed by atoms with E-state index in [1.807, 2.05) is 55.4 Å². The molecule has 0 aromatic carbocycles. The van der Waals surface area contributed by atoms with Gasteiger partial charge >= 0.3 is 0 Å². The highest BCUT2D eigenvalue weighted by Crippen LogP contribution is 2.12. The molecule has 1 rings (SSSR count). The van der Waals surface area contributed by atoms with Gasteiger partial charge in [-0.25, -0.2) is 0 Å². The van der Waals surface area contributed by atoms with E-state index in [9.17, 15) is 29.2 Å². The molecule has 266 valence electrons. The van der Waals surface area contributed by atoms with Crippen LogP contribution >= 0.6 is 0 Å². The molecule has 5 amide bonds. The molecule has 1 aromatic heterocycles. The Morgan fingerprint density at radius 1 is 0.787 bits per heavy atom. The topological polar surface area (TPSA) is 184 Å². The van der Waals surface area contributed by atoms with Crippen molar-refractivity contribution in [1.82, 2.24) is 31.9 Å². The fourth-order valence-corrected chi connectivity index (χ4v) is 5.00. The highest BCUT2D eigenvalue weighted by molar-refractivity contribution is 5.98.